The normalized spacial score (nSPS) is 26.0. The van der Waals surface area contributed by atoms with E-state index in [1.54, 1.807) is 0 Å². The highest BCUT2D eigenvalue weighted by Crippen LogP contribution is 2.18. The minimum atomic E-state index is 0.266. The number of morpholine rings is 1. The molecule has 1 unspecified atom stereocenters. The zero-order valence-corrected chi connectivity index (χ0v) is 12.9. The second kappa shape index (κ2) is 6.13. The molecule has 112 valence electrons. The van der Waals surface area contributed by atoms with Gasteiger partial charge >= 0.3 is 0 Å². The van der Waals surface area contributed by atoms with Crippen LogP contribution in [0.5, 0.6) is 0 Å². The summed E-state index contributed by atoms with van der Waals surface area (Å²) in [6, 6.07) is 7.43. The van der Waals surface area contributed by atoms with Crippen molar-refractivity contribution in [2.45, 2.75) is 32.6 Å². The Balaban J connectivity index is 1.69. The topological polar surface area (TPSA) is 52.6 Å². The number of benzene rings is 1. The molecule has 1 aliphatic heterocycles. The molecule has 1 fully saturated rings. The Kier molecular flexibility index (Phi) is 4.24. The summed E-state index contributed by atoms with van der Waals surface area (Å²) in [5.74, 6) is 1.27. The van der Waals surface area contributed by atoms with Crippen molar-refractivity contribution in [3.63, 3.8) is 0 Å². The fourth-order valence-corrected chi connectivity index (χ4v) is 2.92. The van der Waals surface area contributed by atoms with Gasteiger partial charge in [-0.1, -0.05) is 16.8 Å². The van der Waals surface area contributed by atoms with Crippen LogP contribution < -0.4 is 4.90 Å². The summed E-state index contributed by atoms with van der Waals surface area (Å²) in [4.78, 5) is 5.88. The van der Waals surface area contributed by atoms with Crippen LogP contribution >= 0.6 is 11.6 Å². The summed E-state index contributed by atoms with van der Waals surface area (Å²) in [7, 11) is 0. The van der Waals surface area contributed by atoms with E-state index in [9.17, 15) is 0 Å². The molecule has 21 heavy (non-hydrogen) atoms. The number of hydrogen-bond donors (Lipinski definition) is 1. The largest absolute Gasteiger partial charge is 0.364 e. The Labute approximate surface area is 128 Å². The quantitative estimate of drug-likeness (QED) is 0.935. The monoisotopic (exact) mass is 308 g/mol. The van der Waals surface area contributed by atoms with E-state index in [-0.39, 0.29) is 12.2 Å². The van der Waals surface area contributed by atoms with Crippen molar-refractivity contribution >= 4 is 11.6 Å². The van der Waals surface area contributed by atoms with Crippen LogP contribution in [-0.2, 0) is 11.3 Å². The Bertz CT molecular complexity index is 589. The molecule has 6 heteroatoms. The molecule has 1 saturated heterocycles. The fourth-order valence-electron chi connectivity index (χ4n) is 2.79. The number of hydrogen-bond acceptors (Lipinski definition) is 4. The second-order valence-corrected chi connectivity index (χ2v) is 6.05. The van der Waals surface area contributed by atoms with Crippen LogP contribution in [0.1, 0.15) is 19.7 Å². The Morgan fingerprint density at radius 3 is 2.52 bits per heavy atom. The zero-order chi connectivity index (χ0) is 14.8. The van der Waals surface area contributed by atoms with Gasteiger partial charge in [-0.05, 0) is 38.1 Å². The van der Waals surface area contributed by atoms with Crippen LogP contribution in [0.15, 0.2) is 28.8 Å². The van der Waals surface area contributed by atoms with Gasteiger partial charge in [0, 0.05) is 10.6 Å². The Morgan fingerprint density at radius 2 is 1.86 bits per heavy atom. The number of aromatic nitrogens is 2. The van der Waals surface area contributed by atoms with Crippen LogP contribution in [0, 0.1) is 0 Å². The first-order valence-electron chi connectivity index (χ1n) is 7.17. The molecule has 2 heterocycles. The van der Waals surface area contributed by atoms with Gasteiger partial charge in [0.1, 0.15) is 25.3 Å². The van der Waals surface area contributed by atoms with Crippen LogP contribution in [0.2, 0.25) is 5.02 Å². The molecule has 1 aromatic heterocycles. The van der Waals surface area contributed by atoms with Crippen molar-refractivity contribution in [2.24, 2.45) is 0 Å². The SMILES string of the molecule is C[C@@H]1C[NH+](Cc2nc(-c3ccc(Cl)cc3)no2)C[C@H](C)O1. The predicted octanol–water partition coefficient (Wildman–Crippen LogP) is 1.58. The molecular weight excluding hydrogens is 290 g/mol. The molecule has 0 bridgehead atoms. The predicted molar refractivity (Wildman–Crippen MR) is 79.2 cm³/mol. The number of nitrogens with zero attached hydrogens (tertiary/aromatic N) is 2. The van der Waals surface area contributed by atoms with Crippen LogP contribution in [0.4, 0.5) is 0 Å². The van der Waals surface area contributed by atoms with Gasteiger partial charge in [0.2, 0.25) is 5.82 Å². The average molecular weight is 309 g/mol. The van der Waals surface area contributed by atoms with E-state index in [1.807, 2.05) is 24.3 Å². The molecule has 0 saturated carbocycles. The summed E-state index contributed by atoms with van der Waals surface area (Å²) in [6.07, 6.45) is 0.532. The molecule has 0 aliphatic carbocycles. The van der Waals surface area contributed by atoms with Gasteiger partial charge in [-0.25, -0.2) is 0 Å². The lowest BCUT2D eigenvalue weighted by molar-refractivity contribution is -0.929. The van der Waals surface area contributed by atoms with Crippen molar-refractivity contribution in [2.75, 3.05) is 13.1 Å². The van der Waals surface area contributed by atoms with Gasteiger partial charge in [-0.3, -0.25) is 0 Å². The van der Waals surface area contributed by atoms with Crippen LogP contribution in [0.3, 0.4) is 0 Å². The first kappa shape index (κ1) is 14.5. The molecule has 1 aliphatic rings. The van der Waals surface area contributed by atoms with Gasteiger partial charge in [0.05, 0.1) is 0 Å². The lowest BCUT2D eigenvalue weighted by Crippen LogP contribution is -3.14. The third-order valence-electron chi connectivity index (χ3n) is 3.59. The first-order valence-corrected chi connectivity index (χ1v) is 7.55. The highest BCUT2D eigenvalue weighted by molar-refractivity contribution is 6.30. The van der Waals surface area contributed by atoms with E-state index in [1.165, 1.54) is 4.90 Å². The highest BCUT2D eigenvalue weighted by atomic mass is 35.5. The summed E-state index contributed by atoms with van der Waals surface area (Å²) in [5, 5.41) is 4.74. The summed E-state index contributed by atoms with van der Waals surface area (Å²) < 4.78 is 11.1. The number of ether oxygens (including phenoxy) is 1. The molecule has 5 nitrogen and oxygen atoms in total. The van der Waals surface area contributed by atoms with E-state index in [2.05, 4.69) is 24.0 Å². The maximum Gasteiger partial charge on any atom is 0.282 e. The lowest BCUT2D eigenvalue weighted by atomic mass is 10.2. The molecule has 3 rings (SSSR count). The van der Waals surface area contributed by atoms with Crippen molar-refractivity contribution in [3.8, 4) is 11.4 Å². The van der Waals surface area contributed by atoms with E-state index in [4.69, 9.17) is 20.9 Å². The zero-order valence-electron chi connectivity index (χ0n) is 12.2. The minimum absolute atomic E-state index is 0.266. The molecule has 0 amide bonds. The molecular formula is C15H19ClN3O2+. The van der Waals surface area contributed by atoms with Gasteiger partial charge in [-0.2, -0.15) is 4.98 Å². The summed E-state index contributed by atoms with van der Waals surface area (Å²) >= 11 is 5.88. The molecule has 0 radical (unpaired) electrons. The number of rotatable bonds is 3. The van der Waals surface area contributed by atoms with Gasteiger partial charge in [0.25, 0.3) is 5.89 Å². The fraction of sp³-hybridized carbons (Fsp3) is 0.467. The van der Waals surface area contributed by atoms with Crippen molar-refractivity contribution in [1.82, 2.24) is 10.1 Å². The molecule has 2 aromatic rings. The second-order valence-electron chi connectivity index (χ2n) is 5.61. The molecule has 0 spiro atoms. The summed E-state index contributed by atoms with van der Waals surface area (Å²) in [5.41, 5.74) is 0.910. The maximum absolute atomic E-state index is 5.88. The Morgan fingerprint density at radius 1 is 1.19 bits per heavy atom. The Hall–Kier alpha value is -1.43. The standard InChI is InChI=1S/C15H18ClN3O2/c1-10-7-19(8-11(2)20-10)9-14-17-15(18-21-14)12-3-5-13(16)6-4-12/h3-6,10-11H,7-9H2,1-2H3/p+1/t10-,11+. The average Bonchev–Trinajstić information content (AvgIpc) is 2.87. The van der Waals surface area contributed by atoms with Gasteiger partial charge in [0.15, 0.2) is 6.54 Å². The minimum Gasteiger partial charge on any atom is -0.364 e. The third-order valence-corrected chi connectivity index (χ3v) is 3.84. The first-order chi connectivity index (χ1) is 10.1. The van der Waals surface area contributed by atoms with Crippen LogP contribution in [0.25, 0.3) is 11.4 Å². The van der Waals surface area contributed by atoms with Crippen molar-refractivity contribution in [3.05, 3.63) is 35.2 Å². The van der Waals surface area contributed by atoms with Crippen LogP contribution in [-0.4, -0.2) is 35.4 Å². The van der Waals surface area contributed by atoms with Crippen molar-refractivity contribution in [1.29, 1.82) is 0 Å². The van der Waals surface area contributed by atoms with E-state index in [0.29, 0.717) is 16.7 Å². The highest BCUT2D eigenvalue weighted by Gasteiger charge is 2.27. The lowest BCUT2D eigenvalue weighted by Gasteiger charge is -2.31. The van der Waals surface area contributed by atoms with Crippen molar-refractivity contribution < 1.29 is 14.2 Å². The molecule has 3 atom stereocenters. The summed E-state index contributed by atoms with van der Waals surface area (Å²) in [6.45, 7) is 6.86. The number of halogens is 1. The van der Waals surface area contributed by atoms with E-state index >= 15 is 0 Å². The van der Waals surface area contributed by atoms with Gasteiger partial charge in [-0.15, -0.1) is 0 Å². The van der Waals surface area contributed by atoms with E-state index < -0.39 is 0 Å². The third kappa shape index (κ3) is 3.61. The van der Waals surface area contributed by atoms with Gasteiger partial charge < -0.3 is 14.2 Å². The van der Waals surface area contributed by atoms with E-state index in [0.717, 1.165) is 25.2 Å². The number of quaternary nitrogens is 1. The smallest absolute Gasteiger partial charge is 0.282 e. The maximum atomic E-state index is 5.88. The number of nitrogens with one attached hydrogen (secondary N) is 1. The molecule has 1 N–H and O–H groups in total. The molecule has 1 aromatic carbocycles.